The van der Waals surface area contributed by atoms with E-state index in [-0.39, 0.29) is 12.0 Å². The normalized spacial score (nSPS) is 12.7. The first-order valence-electron chi connectivity index (χ1n) is 6.43. The Hall–Kier alpha value is -1.89. The van der Waals surface area contributed by atoms with Gasteiger partial charge in [0.25, 0.3) is 0 Å². The predicted molar refractivity (Wildman–Crippen MR) is 70.0 cm³/mol. The number of benzene rings is 1. The van der Waals surface area contributed by atoms with Gasteiger partial charge in [0, 0.05) is 18.0 Å². The summed E-state index contributed by atoms with van der Waals surface area (Å²) in [5.74, 6) is -0.651. The zero-order valence-electron chi connectivity index (χ0n) is 11.7. The van der Waals surface area contributed by atoms with E-state index in [2.05, 4.69) is 20.7 Å². The van der Waals surface area contributed by atoms with Gasteiger partial charge in [0.15, 0.2) is 5.82 Å². The van der Waals surface area contributed by atoms with E-state index in [1.165, 1.54) is 16.9 Å². The first kappa shape index (κ1) is 14.5. The molecular weight excluding hydrogens is 264 g/mol. The van der Waals surface area contributed by atoms with Gasteiger partial charge >= 0.3 is 0 Å². The number of tetrazole rings is 1. The van der Waals surface area contributed by atoms with Gasteiger partial charge in [-0.1, -0.05) is 13.0 Å². The van der Waals surface area contributed by atoms with E-state index in [0.717, 1.165) is 0 Å². The fourth-order valence-electron chi connectivity index (χ4n) is 2.11. The van der Waals surface area contributed by atoms with E-state index in [1.807, 2.05) is 6.92 Å². The fraction of sp³-hybridized carbons (Fsp3) is 0.462. The lowest BCUT2D eigenvalue weighted by molar-refractivity contribution is 0.464. The molecule has 0 aliphatic rings. The van der Waals surface area contributed by atoms with Gasteiger partial charge in [-0.15, -0.1) is 10.2 Å². The molecule has 1 aromatic carbocycles. The second-order valence-corrected chi connectivity index (χ2v) is 4.60. The van der Waals surface area contributed by atoms with Crippen LogP contribution >= 0.6 is 0 Å². The Balaban J connectivity index is 2.35. The Morgan fingerprint density at radius 2 is 2.10 bits per heavy atom. The third-order valence-corrected chi connectivity index (χ3v) is 3.06. The number of aromatic nitrogens is 4. The lowest BCUT2D eigenvalue weighted by Crippen LogP contribution is -2.26. The molecule has 1 unspecified atom stereocenters. The predicted octanol–water partition coefficient (Wildman–Crippen LogP) is 1.69. The van der Waals surface area contributed by atoms with Gasteiger partial charge in [-0.3, -0.25) is 0 Å². The van der Waals surface area contributed by atoms with Gasteiger partial charge in [-0.05, 0) is 30.3 Å². The number of nitrogens with zero attached hydrogens (tertiary/aromatic N) is 4. The summed E-state index contributed by atoms with van der Waals surface area (Å²) in [6, 6.07) is 2.18. The molecule has 0 saturated heterocycles. The van der Waals surface area contributed by atoms with Crippen molar-refractivity contribution in [3.05, 3.63) is 40.7 Å². The summed E-state index contributed by atoms with van der Waals surface area (Å²) in [6.07, 6.45) is 0.277. The Morgan fingerprint density at radius 3 is 2.70 bits per heavy atom. The first-order chi connectivity index (χ1) is 9.52. The highest BCUT2D eigenvalue weighted by Gasteiger charge is 2.22. The molecule has 7 heteroatoms. The number of nitrogens with one attached hydrogen (secondary N) is 1. The molecule has 0 radical (unpaired) electrons. The van der Waals surface area contributed by atoms with Crippen LogP contribution in [0, 0.1) is 18.6 Å². The molecule has 0 spiro atoms. The zero-order chi connectivity index (χ0) is 14.7. The van der Waals surface area contributed by atoms with E-state index in [9.17, 15) is 8.78 Å². The maximum Gasteiger partial charge on any atom is 0.176 e. The molecule has 20 heavy (non-hydrogen) atoms. The smallest absolute Gasteiger partial charge is 0.176 e. The third kappa shape index (κ3) is 2.98. The second-order valence-electron chi connectivity index (χ2n) is 4.60. The van der Waals surface area contributed by atoms with Crippen LogP contribution in [0.25, 0.3) is 0 Å². The maximum atomic E-state index is 14.2. The molecule has 1 atom stereocenters. The van der Waals surface area contributed by atoms with Crippen LogP contribution < -0.4 is 5.32 Å². The highest BCUT2D eigenvalue weighted by molar-refractivity contribution is 5.29. The van der Waals surface area contributed by atoms with Crippen molar-refractivity contribution in [3.63, 3.8) is 0 Å². The van der Waals surface area contributed by atoms with Gasteiger partial charge in [0.05, 0.1) is 7.05 Å². The summed E-state index contributed by atoms with van der Waals surface area (Å²) >= 11 is 0. The summed E-state index contributed by atoms with van der Waals surface area (Å²) in [4.78, 5) is 1.32. The average molecular weight is 281 g/mol. The quantitative estimate of drug-likeness (QED) is 0.906. The van der Waals surface area contributed by atoms with Crippen LogP contribution in [0.1, 0.15) is 29.9 Å². The Bertz CT molecular complexity index is 596. The fourth-order valence-corrected chi connectivity index (χ4v) is 2.11. The summed E-state index contributed by atoms with van der Waals surface area (Å²) in [6.45, 7) is 4.07. The molecule has 1 aromatic heterocycles. The molecule has 108 valence electrons. The monoisotopic (exact) mass is 281 g/mol. The Labute approximate surface area is 116 Å². The SMILES string of the molecule is CCNC(Cc1nnn(C)n1)c1c(F)ccc(C)c1F. The van der Waals surface area contributed by atoms with Crippen molar-refractivity contribution in [1.29, 1.82) is 0 Å². The lowest BCUT2D eigenvalue weighted by atomic mass is 9.99. The number of hydrogen-bond donors (Lipinski definition) is 1. The number of likely N-dealkylation sites (N-methyl/N-ethyl adjacent to an activating group) is 1. The van der Waals surface area contributed by atoms with Crippen LogP contribution in [0.4, 0.5) is 8.78 Å². The highest BCUT2D eigenvalue weighted by Crippen LogP contribution is 2.25. The van der Waals surface area contributed by atoms with Crippen molar-refractivity contribution in [2.45, 2.75) is 26.3 Å². The van der Waals surface area contributed by atoms with Gasteiger partial charge in [0.2, 0.25) is 0 Å². The molecule has 0 aliphatic carbocycles. The summed E-state index contributed by atoms with van der Waals surface area (Å²) in [7, 11) is 1.65. The average Bonchev–Trinajstić information content (AvgIpc) is 2.80. The molecule has 2 rings (SSSR count). The number of rotatable bonds is 5. The van der Waals surface area contributed by atoms with Crippen molar-refractivity contribution < 1.29 is 8.78 Å². The maximum absolute atomic E-state index is 14.2. The Morgan fingerprint density at radius 1 is 1.35 bits per heavy atom. The molecule has 1 heterocycles. The molecule has 0 bridgehead atoms. The minimum atomic E-state index is -0.567. The van der Waals surface area contributed by atoms with E-state index < -0.39 is 17.7 Å². The molecule has 0 aliphatic heterocycles. The largest absolute Gasteiger partial charge is 0.310 e. The van der Waals surface area contributed by atoms with E-state index >= 15 is 0 Å². The van der Waals surface area contributed by atoms with Crippen LogP contribution in [0.5, 0.6) is 0 Å². The Kier molecular flexibility index (Phi) is 4.39. The van der Waals surface area contributed by atoms with Crippen molar-refractivity contribution in [2.75, 3.05) is 6.54 Å². The molecule has 0 fully saturated rings. The van der Waals surface area contributed by atoms with Gasteiger partial charge in [0.1, 0.15) is 11.6 Å². The number of halogens is 2. The van der Waals surface area contributed by atoms with Crippen molar-refractivity contribution >= 4 is 0 Å². The van der Waals surface area contributed by atoms with Crippen LogP contribution in [-0.2, 0) is 13.5 Å². The van der Waals surface area contributed by atoms with E-state index in [4.69, 9.17) is 0 Å². The summed E-state index contributed by atoms with van der Waals surface area (Å²) in [5.41, 5.74) is 0.440. The molecular formula is C13H17F2N5. The van der Waals surface area contributed by atoms with Crippen molar-refractivity contribution in [1.82, 2.24) is 25.5 Å². The number of hydrogen-bond acceptors (Lipinski definition) is 4. The third-order valence-electron chi connectivity index (χ3n) is 3.06. The molecule has 1 N–H and O–H groups in total. The van der Waals surface area contributed by atoms with Crippen LogP contribution in [-0.4, -0.2) is 26.8 Å². The van der Waals surface area contributed by atoms with Crippen LogP contribution in [0.15, 0.2) is 12.1 Å². The zero-order valence-corrected chi connectivity index (χ0v) is 11.7. The van der Waals surface area contributed by atoms with E-state index in [0.29, 0.717) is 17.9 Å². The highest BCUT2D eigenvalue weighted by atomic mass is 19.1. The lowest BCUT2D eigenvalue weighted by Gasteiger charge is -2.19. The molecule has 2 aromatic rings. The van der Waals surface area contributed by atoms with Gasteiger partial charge in [-0.25, -0.2) is 8.78 Å². The first-order valence-corrected chi connectivity index (χ1v) is 6.43. The number of aryl methyl sites for hydroxylation is 2. The minimum absolute atomic E-state index is 0.0271. The second kappa shape index (κ2) is 6.04. The molecule has 0 saturated carbocycles. The van der Waals surface area contributed by atoms with Gasteiger partial charge < -0.3 is 5.32 Å². The summed E-state index contributed by atoms with van der Waals surface area (Å²) < 4.78 is 28.2. The summed E-state index contributed by atoms with van der Waals surface area (Å²) in [5, 5.41) is 14.7. The van der Waals surface area contributed by atoms with Crippen LogP contribution in [0.3, 0.4) is 0 Å². The van der Waals surface area contributed by atoms with Crippen LogP contribution in [0.2, 0.25) is 0 Å². The molecule has 5 nitrogen and oxygen atoms in total. The molecule has 0 amide bonds. The standard InChI is InChI=1S/C13H17F2N5/c1-4-16-10(7-11-17-19-20(3)18-11)12-9(14)6-5-8(2)13(12)15/h5-6,10,16H,4,7H2,1-3H3. The van der Waals surface area contributed by atoms with Gasteiger partial charge in [-0.2, -0.15) is 4.80 Å². The van der Waals surface area contributed by atoms with Crippen molar-refractivity contribution in [3.8, 4) is 0 Å². The van der Waals surface area contributed by atoms with E-state index in [1.54, 1.807) is 14.0 Å². The minimum Gasteiger partial charge on any atom is -0.310 e. The van der Waals surface area contributed by atoms with Crippen molar-refractivity contribution in [2.24, 2.45) is 7.05 Å². The topological polar surface area (TPSA) is 55.6 Å².